The van der Waals surface area contributed by atoms with Crippen molar-refractivity contribution in [3.05, 3.63) is 54.9 Å². The highest BCUT2D eigenvalue weighted by atomic mass is 15.2. The molecule has 0 aromatic carbocycles. The SMILES string of the molecule is c1cc(-c2cc(C3CCN(c4cnccn4)CC3)[nH]n2)ccn1. The molecule has 4 rings (SSSR count). The minimum atomic E-state index is 0.519. The van der Waals surface area contributed by atoms with Gasteiger partial charge in [-0.3, -0.25) is 15.1 Å². The molecule has 6 heteroatoms. The minimum Gasteiger partial charge on any atom is -0.355 e. The van der Waals surface area contributed by atoms with Crippen LogP contribution in [0, 0.1) is 0 Å². The Labute approximate surface area is 134 Å². The van der Waals surface area contributed by atoms with Crippen LogP contribution >= 0.6 is 0 Å². The summed E-state index contributed by atoms with van der Waals surface area (Å²) >= 11 is 0. The Morgan fingerprint density at radius 2 is 1.83 bits per heavy atom. The molecule has 1 aliphatic heterocycles. The third kappa shape index (κ3) is 2.92. The van der Waals surface area contributed by atoms with Gasteiger partial charge < -0.3 is 4.90 Å². The van der Waals surface area contributed by atoms with Gasteiger partial charge in [0.1, 0.15) is 5.82 Å². The normalized spacial score (nSPS) is 15.7. The van der Waals surface area contributed by atoms with Crippen molar-refractivity contribution in [2.75, 3.05) is 18.0 Å². The summed E-state index contributed by atoms with van der Waals surface area (Å²) in [6.07, 6.45) is 11.1. The highest BCUT2D eigenvalue weighted by Gasteiger charge is 2.23. The van der Waals surface area contributed by atoms with Crippen molar-refractivity contribution in [3.8, 4) is 11.3 Å². The van der Waals surface area contributed by atoms with E-state index < -0.39 is 0 Å². The first-order valence-electron chi connectivity index (χ1n) is 7.87. The molecular formula is C17H18N6. The maximum atomic E-state index is 4.45. The van der Waals surface area contributed by atoms with Crippen molar-refractivity contribution in [1.29, 1.82) is 0 Å². The molecule has 0 amide bonds. The van der Waals surface area contributed by atoms with E-state index in [0.717, 1.165) is 43.0 Å². The molecule has 4 heterocycles. The molecule has 1 saturated heterocycles. The molecule has 0 unspecified atom stereocenters. The van der Waals surface area contributed by atoms with E-state index in [2.05, 4.69) is 36.1 Å². The summed E-state index contributed by atoms with van der Waals surface area (Å²) in [5.41, 5.74) is 3.30. The molecule has 3 aromatic rings. The number of pyridine rings is 1. The Morgan fingerprint density at radius 3 is 2.57 bits per heavy atom. The highest BCUT2D eigenvalue weighted by molar-refractivity contribution is 5.58. The van der Waals surface area contributed by atoms with Gasteiger partial charge in [0.15, 0.2) is 0 Å². The van der Waals surface area contributed by atoms with Gasteiger partial charge in [0, 0.05) is 55.1 Å². The molecule has 0 spiro atoms. The van der Waals surface area contributed by atoms with Gasteiger partial charge in [-0.15, -0.1) is 0 Å². The molecule has 3 aromatic heterocycles. The molecule has 23 heavy (non-hydrogen) atoms. The third-order valence-corrected chi connectivity index (χ3v) is 4.38. The molecular weight excluding hydrogens is 288 g/mol. The van der Waals surface area contributed by atoms with Crippen LogP contribution in [0.4, 0.5) is 5.82 Å². The molecule has 1 aliphatic rings. The summed E-state index contributed by atoms with van der Waals surface area (Å²) in [5, 5.41) is 7.66. The second-order valence-electron chi connectivity index (χ2n) is 5.77. The number of piperidine rings is 1. The number of hydrogen-bond donors (Lipinski definition) is 1. The van der Waals surface area contributed by atoms with E-state index in [0.29, 0.717) is 5.92 Å². The number of nitrogens with zero attached hydrogens (tertiary/aromatic N) is 5. The van der Waals surface area contributed by atoms with Crippen LogP contribution in [-0.4, -0.2) is 38.2 Å². The predicted molar refractivity (Wildman–Crippen MR) is 88.0 cm³/mol. The fourth-order valence-electron chi connectivity index (χ4n) is 3.09. The quantitative estimate of drug-likeness (QED) is 0.805. The van der Waals surface area contributed by atoms with E-state index in [1.165, 1.54) is 5.69 Å². The van der Waals surface area contributed by atoms with Crippen molar-refractivity contribution in [2.45, 2.75) is 18.8 Å². The van der Waals surface area contributed by atoms with Gasteiger partial charge in [0.05, 0.1) is 11.9 Å². The van der Waals surface area contributed by atoms with Crippen LogP contribution < -0.4 is 4.90 Å². The molecule has 0 aliphatic carbocycles. The zero-order chi connectivity index (χ0) is 15.5. The first-order valence-corrected chi connectivity index (χ1v) is 7.87. The van der Waals surface area contributed by atoms with Gasteiger partial charge in [-0.25, -0.2) is 4.98 Å². The van der Waals surface area contributed by atoms with E-state index in [1.54, 1.807) is 24.8 Å². The molecule has 1 fully saturated rings. The fourth-order valence-corrected chi connectivity index (χ4v) is 3.09. The molecule has 0 bridgehead atoms. The van der Waals surface area contributed by atoms with Crippen LogP contribution in [0.15, 0.2) is 49.2 Å². The molecule has 116 valence electrons. The number of aromatic amines is 1. The Balaban J connectivity index is 1.44. The van der Waals surface area contributed by atoms with Gasteiger partial charge >= 0.3 is 0 Å². The second-order valence-corrected chi connectivity index (χ2v) is 5.77. The largest absolute Gasteiger partial charge is 0.355 e. The van der Waals surface area contributed by atoms with Crippen LogP contribution in [0.25, 0.3) is 11.3 Å². The van der Waals surface area contributed by atoms with Gasteiger partial charge in [-0.2, -0.15) is 5.10 Å². The lowest BCUT2D eigenvalue weighted by Gasteiger charge is -2.31. The lowest BCUT2D eigenvalue weighted by Crippen LogP contribution is -2.33. The van der Waals surface area contributed by atoms with Crippen LogP contribution in [0.3, 0.4) is 0 Å². The number of nitrogens with one attached hydrogen (secondary N) is 1. The van der Waals surface area contributed by atoms with Gasteiger partial charge in [0.25, 0.3) is 0 Å². The van der Waals surface area contributed by atoms with Gasteiger partial charge in [0.2, 0.25) is 0 Å². The minimum absolute atomic E-state index is 0.519. The van der Waals surface area contributed by atoms with E-state index in [4.69, 9.17) is 0 Å². The Hall–Kier alpha value is -2.76. The molecule has 0 radical (unpaired) electrons. The topological polar surface area (TPSA) is 70.6 Å². The lowest BCUT2D eigenvalue weighted by atomic mass is 9.93. The van der Waals surface area contributed by atoms with Crippen LogP contribution in [0.1, 0.15) is 24.5 Å². The monoisotopic (exact) mass is 306 g/mol. The fraction of sp³-hybridized carbons (Fsp3) is 0.294. The number of hydrogen-bond acceptors (Lipinski definition) is 5. The number of rotatable bonds is 3. The lowest BCUT2D eigenvalue weighted by molar-refractivity contribution is 0.493. The van der Waals surface area contributed by atoms with Crippen LogP contribution in [-0.2, 0) is 0 Å². The van der Waals surface area contributed by atoms with Gasteiger partial charge in [-0.05, 0) is 31.0 Å². The van der Waals surface area contributed by atoms with Crippen molar-refractivity contribution >= 4 is 5.82 Å². The van der Waals surface area contributed by atoms with Crippen molar-refractivity contribution in [3.63, 3.8) is 0 Å². The summed E-state index contributed by atoms with van der Waals surface area (Å²) < 4.78 is 0. The zero-order valence-corrected chi connectivity index (χ0v) is 12.8. The summed E-state index contributed by atoms with van der Waals surface area (Å²) in [6.45, 7) is 1.99. The Kier molecular flexibility index (Phi) is 3.71. The van der Waals surface area contributed by atoms with E-state index >= 15 is 0 Å². The summed E-state index contributed by atoms with van der Waals surface area (Å²) in [7, 11) is 0. The summed E-state index contributed by atoms with van der Waals surface area (Å²) in [6, 6.07) is 6.13. The third-order valence-electron chi connectivity index (χ3n) is 4.38. The summed E-state index contributed by atoms with van der Waals surface area (Å²) in [4.78, 5) is 14.9. The summed E-state index contributed by atoms with van der Waals surface area (Å²) in [5.74, 6) is 1.49. The Bertz CT molecular complexity index is 747. The van der Waals surface area contributed by atoms with E-state index in [1.807, 2.05) is 18.3 Å². The predicted octanol–water partition coefficient (Wildman–Crippen LogP) is 2.65. The molecule has 0 atom stereocenters. The van der Waals surface area contributed by atoms with Gasteiger partial charge in [-0.1, -0.05) is 0 Å². The average Bonchev–Trinajstić information content (AvgIpc) is 3.14. The molecule has 1 N–H and O–H groups in total. The van der Waals surface area contributed by atoms with Crippen LogP contribution in [0.2, 0.25) is 0 Å². The van der Waals surface area contributed by atoms with Crippen molar-refractivity contribution in [1.82, 2.24) is 25.1 Å². The molecule has 6 nitrogen and oxygen atoms in total. The Morgan fingerprint density at radius 1 is 1.00 bits per heavy atom. The van der Waals surface area contributed by atoms with E-state index in [-0.39, 0.29) is 0 Å². The van der Waals surface area contributed by atoms with E-state index in [9.17, 15) is 0 Å². The number of aromatic nitrogens is 5. The maximum Gasteiger partial charge on any atom is 0.147 e. The van der Waals surface area contributed by atoms with Crippen LogP contribution in [0.5, 0.6) is 0 Å². The average molecular weight is 306 g/mol. The smallest absolute Gasteiger partial charge is 0.147 e. The molecule has 0 saturated carbocycles. The first-order chi connectivity index (χ1) is 11.4. The first kappa shape index (κ1) is 13.9. The number of anilines is 1. The van der Waals surface area contributed by atoms with Crippen molar-refractivity contribution in [2.24, 2.45) is 0 Å². The zero-order valence-electron chi connectivity index (χ0n) is 12.8. The van der Waals surface area contributed by atoms with Crippen molar-refractivity contribution < 1.29 is 0 Å². The maximum absolute atomic E-state index is 4.45. The highest BCUT2D eigenvalue weighted by Crippen LogP contribution is 2.30. The standard InChI is InChI=1S/C17H18N6/c1-5-18-6-2-13(1)15-11-16(22-21-15)14-3-9-23(10-4-14)17-12-19-7-8-20-17/h1-2,5-8,11-12,14H,3-4,9-10H2,(H,21,22). The number of H-pyrrole nitrogens is 1. The second kappa shape index (κ2) is 6.16.